The highest BCUT2D eigenvalue weighted by Crippen LogP contribution is 2.51. The molecule has 2 aromatic rings. The molecule has 0 bridgehead atoms. The second-order valence-corrected chi connectivity index (χ2v) is 7.12. The van der Waals surface area contributed by atoms with Gasteiger partial charge in [0.25, 0.3) is 5.91 Å². The standard InChI is InChI=1S/C20H21NO3S/c1-4-14-20(25-17-8-6-5-7-9-17)18(24-3)19(22)21(20)15-10-12-16(23-2)13-11-15/h4-13,18H,1,14H2,2-3H3/t18-,20-/m1/s1. The van der Waals surface area contributed by atoms with Gasteiger partial charge >= 0.3 is 0 Å². The van der Waals surface area contributed by atoms with Crippen molar-refractivity contribution < 1.29 is 14.3 Å². The minimum atomic E-state index is -0.552. The number of hydrogen-bond donors (Lipinski definition) is 0. The molecule has 0 unspecified atom stereocenters. The number of ether oxygens (including phenoxy) is 2. The van der Waals surface area contributed by atoms with E-state index in [1.54, 1.807) is 30.9 Å². The third kappa shape index (κ3) is 3.05. The lowest BCUT2D eigenvalue weighted by molar-refractivity contribution is -0.141. The molecule has 1 aliphatic heterocycles. The first-order valence-electron chi connectivity index (χ1n) is 8.02. The van der Waals surface area contributed by atoms with Crippen LogP contribution in [0.5, 0.6) is 5.75 Å². The summed E-state index contributed by atoms with van der Waals surface area (Å²) in [6.07, 6.45) is 1.94. The van der Waals surface area contributed by atoms with E-state index in [4.69, 9.17) is 9.47 Å². The van der Waals surface area contributed by atoms with Crippen LogP contribution in [0.15, 0.2) is 72.1 Å². The lowest BCUT2D eigenvalue weighted by Crippen LogP contribution is -2.73. The quantitative estimate of drug-likeness (QED) is 0.553. The number of methoxy groups -OCH3 is 2. The maximum Gasteiger partial charge on any atom is 0.260 e. The monoisotopic (exact) mass is 355 g/mol. The minimum Gasteiger partial charge on any atom is -0.497 e. The van der Waals surface area contributed by atoms with Gasteiger partial charge in [0, 0.05) is 24.1 Å². The zero-order valence-electron chi connectivity index (χ0n) is 14.3. The summed E-state index contributed by atoms with van der Waals surface area (Å²) >= 11 is 1.63. The lowest BCUT2D eigenvalue weighted by atomic mass is 9.92. The van der Waals surface area contributed by atoms with E-state index in [1.807, 2.05) is 60.7 Å². The number of rotatable bonds is 7. The van der Waals surface area contributed by atoms with Gasteiger partial charge in [-0.2, -0.15) is 0 Å². The molecule has 5 heteroatoms. The molecule has 0 aliphatic carbocycles. The smallest absolute Gasteiger partial charge is 0.260 e. The zero-order valence-corrected chi connectivity index (χ0v) is 15.2. The number of carbonyl (C=O) groups is 1. The van der Waals surface area contributed by atoms with Crippen LogP contribution in [0.1, 0.15) is 6.42 Å². The molecule has 25 heavy (non-hydrogen) atoms. The predicted octanol–water partition coefficient (Wildman–Crippen LogP) is 4.12. The molecule has 130 valence electrons. The van der Waals surface area contributed by atoms with Crippen molar-refractivity contribution in [3.8, 4) is 5.75 Å². The van der Waals surface area contributed by atoms with Gasteiger partial charge in [-0.05, 0) is 36.4 Å². The molecule has 0 spiro atoms. The number of benzene rings is 2. The molecule has 0 radical (unpaired) electrons. The Labute approximate surface area is 152 Å². The summed E-state index contributed by atoms with van der Waals surface area (Å²) in [6.45, 7) is 3.89. The van der Waals surface area contributed by atoms with Crippen molar-refractivity contribution in [2.75, 3.05) is 19.1 Å². The second-order valence-electron chi connectivity index (χ2n) is 5.74. The van der Waals surface area contributed by atoms with Crippen LogP contribution in [0.2, 0.25) is 0 Å². The number of nitrogens with zero attached hydrogens (tertiary/aromatic N) is 1. The molecule has 1 aliphatic rings. The molecule has 0 saturated carbocycles. The first kappa shape index (κ1) is 17.6. The topological polar surface area (TPSA) is 38.8 Å². The molecule has 1 heterocycles. The highest BCUT2D eigenvalue weighted by Gasteiger charge is 2.61. The van der Waals surface area contributed by atoms with Gasteiger partial charge in [0.2, 0.25) is 0 Å². The summed E-state index contributed by atoms with van der Waals surface area (Å²) in [5.74, 6) is 0.711. The molecule has 2 aromatic carbocycles. The van der Waals surface area contributed by atoms with Gasteiger partial charge in [0.15, 0.2) is 6.10 Å². The van der Waals surface area contributed by atoms with E-state index < -0.39 is 11.0 Å². The Kier molecular flexibility index (Phi) is 5.16. The maximum atomic E-state index is 12.8. The van der Waals surface area contributed by atoms with Crippen LogP contribution in [0.3, 0.4) is 0 Å². The Morgan fingerprint density at radius 3 is 2.40 bits per heavy atom. The van der Waals surface area contributed by atoms with Gasteiger partial charge in [0.05, 0.1) is 7.11 Å². The van der Waals surface area contributed by atoms with Gasteiger partial charge in [-0.15, -0.1) is 6.58 Å². The Morgan fingerprint density at radius 2 is 1.84 bits per heavy atom. The number of thioether (sulfide) groups is 1. The molecular formula is C20H21NO3S. The van der Waals surface area contributed by atoms with Gasteiger partial charge in [-0.3, -0.25) is 9.69 Å². The van der Waals surface area contributed by atoms with E-state index in [-0.39, 0.29) is 5.91 Å². The number of carbonyl (C=O) groups excluding carboxylic acids is 1. The van der Waals surface area contributed by atoms with E-state index in [1.165, 1.54) is 0 Å². The average molecular weight is 355 g/mol. The van der Waals surface area contributed by atoms with Gasteiger partial charge in [-0.1, -0.05) is 36.0 Å². The van der Waals surface area contributed by atoms with Crippen molar-refractivity contribution in [3.63, 3.8) is 0 Å². The van der Waals surface area contributed by atoms with Crippen LogP contribution in [-0.4, -0.2) is 31.1 Å². The van der Waals surface area contributed by atoms with Crippen molar-refractivity contribution in [1.82, 2.24) is 0 Å². The van der Waals surface area contributed by atoms with E-state index in [0.717, 1.165) is 16.3 Å². The van der Waals surface area contributed by atoms with E-state index in [9.17, 15) is 4.79 Å². The minimum absolute atomic E-state index is 0.0436. The number of hydrogen-bond acceptors (Lipinski definition) is 4. The van der Waals surface area contributed by atoms with Crippen molar-refractivity contribution in [1.29, 1.82) is 0 Å². The largest absolute Gasteiger partial charge is 0.497 e. The first-order chi connectivity index (χ1) is 12.2. The summed E-state index contributed by atoms with van der Waals surface area (Å²) in [4.78, 5) is 15.1. The van der Waals surface area contributed by atoms with E-state index in [0.29, 0.717) is 6.42 Å². The summed E-state index contributed by atoms with van der Waals surface area (Å²) in [5.41, 5.74) is 0.824. The lowest BCUT2D eigenvalue weighted by Gasteiger charge is -2.55. The highest BCUT2D eigenvalue weighted by atomic mass is 32.2. The van der Waals surface area contributed by atoms with Crippen molar-refractivity contribution in [2.45, 2.75) is 22.3 Å². The summed E-state index contributed by atoms with van der Waals surface area (Å²) in [6, 6.07) is 17.5. The normalized spacial score (nSPS) is 22.4. The van der Waals surface area contributed by atoms with Gasteiger partial charge < -0.3 is 9.47 Å². The summed E-state index contributed by atoms with van der Waals surface area (Å²) < 4.78 is 10.8. The second kappa shape index (κ2) is 7.33. The Balaban J connectivity index is 2.00. The molecule has 4 nitrogen and oxygen atoms in total. The molecule has 1 amide bonds. The third-order valence-corrected chi connectivity index (χ3v) is 5.70. The van der Waals surface area contributed by atoms with E-state index in [2.05, 4.69) is 6.58 Å². The highest BCUT2D eigenvalue weighted by molar-refractivity contribution is 8.01. The molecule has 2 atom stereocenters. The van der Waals surface area contributed by atoms with Crippen molar-refractivity contribution in [2.24, 2.45) is 0 Å². The van der Waals surface area contributed by atoms with Gasteiger partial charge in [-0.25, -0.2) is 0 Å². The van der Waals surface area contributed by atoms with Crippen LogP contribution in [0, 0.1) is 0 Å². The first-order valence-corrected chi connectivity index (χ1v) is 8.84. The predicted molar refractivity (Wildman–Crippen MR) is 101 cm³/mol. The molecule has 1 fully saturated rings. The summed E-state index contributed by atoms with van der Waals surface area (Å²) in [5, 5.41) is 0. The van der Waals surface area contributed by atoms with Crippen molar-refractivity contribution in [3.05, 3.63) is 67.3 Å². The Bertz CT molecular complexity index is 747. The van der Waals surface area contributed by atoms with E-state index >= 15 is 0 Å². The Hall–Kier alpha value is -2.24. The molecule has 0 N–H and O–H groups in total. The van der Waals surface area contributed by atoms with Crippen molar-refractivity contribution >= 4 is 23.4 Å². The molecule has 1 saturated heterocycles. The van der Waals surface area contributed by atoms with Crippen LogP contribution < -0.4 is 9.64 Å². The fourth-order valence-corrected chi connectivity index (χ4v) is 4.64. The van der Waals surface area contributed by atoms with Crippen LogP contribution in [0.25, 0.3) is 0 Å². The van der Waals surface area contributed by atoms with Gasteiger partial charge in [0.1, 0.15) is 10.6 Å². The van der Waals surface area contributed by atoms with Crippen LogP contribution in [0.4, 0.5) is 5.69 Å². The fourth-order valence-electron chi connectivity index (χ4n) is 3.15. The zero-order chi connectivity index (χ0) is 17.9. The molecule has 0 aromatic heterocycles. The fraction of sp³-hybridized carbons (Fsp3) is 0.250. The number of amides is 1. The molecule has 3 rings (SSSR count). The SMILES string of the molecule is C=CC[C@@]1(Sc2ccccc2)[C@H](OC)C(=O)N1c1ccc(OC)cc1. The van der Waals surface area contributed by atoms with Crippen LogP contribution >= 0.6 is 11.8 Å². The third-order valence-electron chi connectivity index (χ3n) is 4.27. The number of β-lactam (4-membered cyclic amide) rings is 1. The number of anilines is 1. The molecular weight excluding hydrogens is 334 g/mol. The Morgan fingerprint density at radius 1 is 1.16 bits per heavy atom. The van der Waals surface area contributed by atoms with Crippen LogP contribution in [-0.2, 0) is 9.53 Å². The average Bonchev–Trinajstić information content (AvgIpc) is 2.64. The summed E-state index contributed by atoms with van der Waals surface area (Å²) in [7, 11) is 3.20. The maximum absolute atomic E-state index is 12.8.